The van der Waals surface area contributed by atoms with Crippen LogP contribution in [0.25, 0.3) is 116 Å². The molecule has 0 bridgehead atoms. The second-order valence-electron chi connectivity index (χ2n) is 17.1. The molecule has 10 aromatic carbocycles. The van der Waals surface area contributed by atoms with E-state index in [1.165, 1.54) is 43.8 Å². The minimum absolute atomic E-state index is 0.0854. The number of furan rings is 1. The van der Waals surface area contributed by atoms with E-state index in [1.54, 1.807) is 0 Å². The first-order valence-corrected chi connectivity index (χ1v) is 22.1. The predicted octanol–water partition coefficient (Wildman–Crippen LogP) is 15.3. The highest BCUT2D eigenvalue weighted by atomic mass is 16.3. The van der Waals surface area contributed by atoms with Crippen molar-refractivity contribution in [3.05, 3.63) is 229 Å². The molecule has 1 atom stereocenters. The Bertz CT molecular complexity index is 4070. The van der Waals surface area contributed by atoms with Crippen molar-refractivity contribution < 1.29 is 4.42 Å². The van der Waals surface area contributed by atoms with Crippen LogP contribution in [-0.4, -0.2) is 19.5 Å². The van der Waals surface area contributed by atoms with E-state index in [4.69, 9.17) is 19.4 Å². The standard InChI is InChI=1S/C60H36N4O/c1-3-17-37(18-4-1)54-44-25-11-12-26-45(44)55-47(54)27-15-28-48(55)59-61-58(38-19-5-2-6-20-38)62-60(63-59)51-35-41(34-50-46-31-30-36-16-9-10-23-42(36)56(46)65-57(50)51)64-52-29-14-13-24-43(52)49-32-39-21-7-8-22-40(39)33-53(49)64/h1-35,54H. The van der Waals surface area contributed by atoms with E-state index in [0.717, 1.165) is 71.7 Å². The second kappa shape index (κ2) is 13.9. The van der Waals surface area contributed by atoms with Gasteiger partial charge < -0.3 is 8.98 Å². The first kappa shape index (κ1) is 35.9. The molecule has 0 saturated heterocycles. The maximum Gasteiger partial charge on any atom is 0.167 e. The van der Waals surface area contributed by atoms with Crippen molar-refractivity contribution in [2.75, 3.05) is 0 Å². The first-order chi connectivity index (χ1) is 32.2. The van der Waals surface area contributed by atoms with Crippen LogP contribution in [0.3, 0.4) is 0 Å². The Morgan fingerprint density at radius 3 is 1.86 bits per heavy atom. The number of hydrogen-bond acceptors (Lipinski definition) is 4. The Kier molecular flexibility index (Phi) is 7.68. The molecular formula is C60H36N4O. The highest BCUT2D eigenvalue weighted by Crippen LogP contribution is 2.51. The Hall–Kier alpha value is -8.67. The number of rotatable bonds is 5. The zero-order chi connectivity index (χ0) is 42.6. The molecular weight excluding hydrogens is 793 g/mol. The van der Waals surface area contributed by atoms with E-state index in [2.05, 4.69) is 199 Å². The Morgan fingerprint density at radius 1 is 0.369 bits per heavy atom. The number of fused-ring (bicyclic) bond motifs is 12. The molecule has 1 aliphatic carbocycles. The predicted molar refractivity (Wildman–Crippen MR) is 266 cm³/mol. The molecule has 5 nitrogen and oxygen atoms in total. The normalized spacial score (nSPS) is 13.4. The van der Waals surface area contributed by atoms with Crippen LogP contribution in [0.5, 0.6) is 0 Å². The fraction of sp³-hybridized carbons (Fsp3) is 0.0167. The van der Waals surface area contributed by atoms with Gasteiger partial charge in [0.05, 0.1) is 16.6 Å². The molecule has 0 spiro atoms. The highest BCUT2D eigenvalue weighted by Gasteiger charge is 2.33. The van der Waals surface area contributed by atoms with E-state index in [1.807, 2.05) is 18.2 Å². The molecule has 0 amide bonds. The zero-order valence-corrected chi connectivity index (χ0v) is 35.0. The zero-order valence-electron chi connectivity index (χ0n) is 35.0. The van der Waals surface area contributed by atoms with Gasteiger partial charge in [-0.1, -0.05) is 176 Å². The molecule has 65 heavy (non-hydrogen) atoms. The van der Waals surface area contributed by atoms with E-state index < -0.39 is 0 Å². The van der Waals surface area contributed by atoms with Crippen molar-refractivity contribution in [3.8, 4) is 51.0 Å². The Balaban J connectivity index is 1.08. The molecule has 13 aromatic rings. The fourth-order valence-electron chi connectivity index (χ4n) is 10.6. The van der Waals surface area contributed by atoms with Crippen molar-refractivity contribution in [1.29, 1.82) is 0 Å². The summed E-state index contributed by atoms with van der Waals surface area (Å²) < 4.78 is 9.52. The lowest BCUT2D eigenvalue weighted by molar-refractivity contribution is 0.673. The quantitative estimate of drug-likeness (QED) is 0.173. The van der Waals surface area contributed by atoms with Crippen molar-refractivity contribution in [2.45, 2.75) is 5.92 Å². The van der Waals surface area contributed by atoms with Crippen LogP contribution in [0.2, 0.25) is 0 Å². The summed E-state index contributed by atoms with van der Waals surface area (Å²) in [6.45, 7) is 0. The number of hydrogen-bond donors (Lipinski definition) is 0. The third-order valence-corrected chi connectivity index (χ3v) is 13.5. The molecule has 0 saturated carbocycles. The second-order valence-corrected chi connectivity index (χ2v) is 17.1. The van der Waals surface area contributed by atoms with Gasteiger partial charge in [-0.3, -0.25) is 0 Å². The van der Waals surface area contributed by atoms with Crippen LogP contribution in [0.4, 0.5) is 0 Å². The molecule has 0 N–H and O–H groups in total. The van der Waals surface area contributed by atoms with Crippen molar-refractivity contribution in [1.82, 2.24) is 19.5 Å². The lowest BCUT2D eigenvalue weighted by Gasteiger charge is -2.15. The average molecular weight is 829 g/mol. The van der Waals surface area contributed by atoms with Crippen LogP contribution in [0.1, 0.15) is 22.6 Å². The highest BCUT2D eigenvalue weighted by molar-refractivity contribution is 6.19. The summed E-state index contributed by atoms with van der Waals surface area (Å²) in [5, 5.41) is 9.00. The van der Waals surface area contributed by atoms with Crippen LogP contribution >= 0.6 is 0 Å². The minimum atomic E-state index is 0.0854. The fourth-order valence-corrected chi connectivity index (χ4v) is 10.6. The smallest absolute Gasteiger partial charge is 0.167 e. The van der Waals surface area contributed by atoms with Gasteiger partial charge in [0, 0.05) is 49.7 Å². The number of nitrogens with zero attached hydrogens (tertiary/aromatic N) is 4. The third kappa shape index (κ3) is 5.42. The van der Waals surface area contributed by atoms with Crippen molar-refractivity contribution in [2.24, 2.45) is 0 Å². The van der Waals surface area contributed by atoms with Gasteiger partial charge >= 0.3 is 0 Å². The molecule has 0 aliphatic heterocycles. The summed E-state index contributed by atoms with van der Waals surface area (Å²) in [4.78, 5) is 16.2. The number of benzene rings is 10. The summed E-state index contributed by atoms with van der Waals surface area (Å²) in [7, 11) is 0. The monoisotopic (exact) mass is 828 g/mol. The van der Waals surface area contributed by atoms with E-state index >= 15 is 0 Å². The van der Waals surface area contributed by atoms with Gasteiger partial charge in [-0.05, 0) is 80.4 Å². The summed E-state index contributed by atoms with van der Waals surface area (Å²) in [5.41, 5.74) is 13.6. The van der Waals surface area contributed by atoms with Crippen LogP contribution in [-0.2, 0) is 0 Å². The first-order valence-electron chi connectivity index (χ1n) is 22.1. The SMILES string of the molecule is c1ccc(-c2nc(-c3cccc4c3-c3ccccc3C4c3ccccc3)nc(-c3cc(-n4c5ccccc5c5cc6ccccc6cc54)cc4c3oc3c5ccccc5ccc43)n2)cc1. The molecule has 302 valence electrons. The third-order valence-electron chi connectivity index (χ3n) is 13.5. The summed E-state index contributed by atoms with van der Waals surface area (Å²) in [6, 6.07) is 75.6. The average Bonchev–Trinajstić information content (AvgIpc) is 4.03. The lowest BCUT2D eigenvalue weighted by atomic mass is 9.89. The molecule has 0 radical (unpaired) electrons. The summed E-state index contributed by atoms with van der Waals surface area (Å²) >= 11 is 0. The van der Waals surface area contributed by atoms with Crippen LogP contribution in [0, 0.1) is 0 Å². The maximum absolute atomic E-state index is 7.12. The molecule has 1 unspecified atom stereocenters. The van der Waals surface area contributed by atoms with E-state index in [0.29, 0.717) is 17.5 Å². The molecule has 1 aliphatic rings. The van der Waals surface area contributed by atoms with Gasteiger partial charge in [0.2, 0.25) is 0 Å². The minimum Gasteiger partial charge on any atom is -0.455 e. The van der Waals surface area contributed by atoms with Crippen molar-refractivity contribution >= 4 is 65.3 Å². The largest absolute Gasteiger partial charge is 0.455 e. The van der Waals surface area contributed by atoms with E-state index in [9.17, 15) is 0 Å². The van der Waals surface area contributed by atoms with Gasteiger partial charge in [-0.15, -0.1) is 0 Å². The summed E-state index contributed by atoms with van der Waals surface area (Å²) in [5.74, 6) is 1.83. The van der Waals surface area contributed by atoms with Gasteiger partial charge in [0.1, 0.15) is 11.2 Å². The van der Waals surface area contributed by atoms with Gasteiger partial charge in [-0.25, -0.2) is 15.0 Å². The lowest BCUT2D eigenvalue weighted by Crippen LogP contribution is -2.03. The van der Waals surface area contributed by atoms with Gasteiger partial charge in [0.15, 0.2) is 17.5 Å². The van der Waals surface area contributed by atoms with Crippen LogP contribution < -0.4 is 0 Å². The number of para-hydroxylation sites is 1. The molecule has 5 heteroatoms. The van der Waals surface area contributed by atoms with Gasteiger partial charge in [-0.2, -0.15) is 0 Å². The Labute approximate surface area is 373 Å². The molecule has 3 aromatic heterocycles. The maximum atomic E-state index is 7.12. The van der Waals surface area contributed by atoms with E-state index in [-0.39, 0.29) is 5.92 Å². The van der Waals surface area contributed by atoms with Gasteiger partial charge in [0.25, 0.3) is 0 Å². The van der Waals surface area contributed by atoms with Crippen LogP contribution in [0.15, 0.2) is 217 Å². The number of aromatic nitrogens is 4. The summed E-state index contributed by atoms with van der Waals surface area (Å²) in [6.07, 6.45) is 0. The topological polar surface area (TPSA) is 56.7 Å². The Morgan fingerprint density at radius 2 is 1.02 bits per heavy atom. The molecule has 3 heterocycles. The molecule has 0 fully saturated rings. The van der Waals surface area contributed by atoms with Crippen molar-refractivity contribution in [3.63, 3.8) is 0 Å². The molecule has 14 rings (SSSR count).